The Hall–Kier alpha value is -1.96. The predicted molar refractivity (Wildman–Crippen MR) is 104 cm³/mol. The van der Waals surface area contributed by atoms with Gasteiger partial charge < -0.3 is 4.74 Å². The first-order chi connectivity index (χ1) is 13.4. The van der Waals surface area contributed by atoms with Crippen molar-refractivity contribution in [2.24, 2.45) is 0 Å². The summed E-state index contributed by atoms with van der Waals surface area (Å²) in [5.74, 6) is -1.05. The Morgan fingerprint density at radius 3 is 2.32 bits per heavy atom. The van der Waals surface area contributed by atoms with Crippen LogP contribution in [0, 0.1) is 5.82 Å². The van der Waals surface area contributed by atoms with E-state index in [4.69, 9.17) is 16.3 Å². The summed E-state index contributed by atoms with van der Waals surface area (Å²) in [6.07, 6.45) is 3.59. The first-order valence-electron chi connectivity index (χ1n) is 9.09. The Morgan fingerprint density at radius 2 is 1.68 bits per heavy atom. The summed E-state index contributed by atoms with van der Waals surface area (Å²) < 4.78 is 45.6. The van der Waals surface area contributed by atoms with Crippen LogP contribution in [0.3, 0.4) is 0 Å². The van der Waals surface area contributed by atoms with Gasteiger partial charge in [-0.25, -0.2) is 17.6 Å². The molecule has 1 saturated heterocycles. The van der Waals surface area contributed by atoms with Crippen LogP contribution >= 0.6 is 11.6 Å². The number of sulfonamides is 1. The third-order valence-electron chi connectivity index (χ3n) is 4.63. The van der Waals surface area contributed by atoms with Gasteiger partial charge >= 0.3 is 5.97 Å². The van der Waals surface area contributed by atoms with E-state index in [9.17, 15) is 17.6 Å². The molecule has 1 aliphatic heterocycles. The number of hydrogen-bond acceptors (Lipinski definition) is 4. The Kier molecular flexibility index (Phi) is 6.69. The fraction of sp³-hybridized carbons (Fsp3) is 0.350. The van der Waals surface area contributed by atoms with Crippen molar-refractivity contribution in [2.45, 2.75) is 37.2 Å². The largest absolute Gasteiger partial charge is 0.457 e. The van der Waals surface area contributed by atoms with Crippen LogP contribution < -0.4 is 0 Å². The van der Waals surface area contributed by atoms with Crippen LogP contribution in [0.4, 0.5) is 4.39 Å². The highest BCUT2D eigenvalue weighted by Gasteiger charge is 2.28. The number of carbonyl (C=O) groups is 1. The molecule has 1 heterocycles. The van der Waals surface area contributed by atoms with E-state index in [1.807, 2.05) is 0 Å². The summed E-state index contributed by atoms with van der Waals surface area (Å²) in [5, 5.41) is 0.0688. The van der Waals surface area contributed by atoms with E-state index in [2.05, 4.69) is 0 Å². The molecule has 28 heavy (non-hydrogen) atoms. The molecule has 8 heteroatoms. The van der Waals surface area contributed by atoms with Gasteiger partial charge in [0.2, 0.25) is 10.0 Å². The van der Waals surface area contributed by atoms with Gasteiger partial charge in [-0.15, -0.1) is 0 Å². The molecule has 2 aromatic rings. The molecule has 0 N–H and O–H groups in total. The maximum Gasteiger partial charge on any atom is 0.338 e. The second-order valence-electron chi connectivity index (χ2n) is 6.67. The molecule has 150 valence electrons. The van der Waals surface area contributed by atoms with Gasteiger partial charge in [-0.3, -0.25) is 0 Å². The molecule has 0 unspecified atom stereocenters. The predicted octanol–water partition coefficient (Wildman–Crippen LogP) is 4.40. The summed E-state index contributed by atoms with van der Waals surface area (Å²) >= 11 is 6.14. The van der Waals surface area contributed by atoms with E-state index in [-0.39, 0.29) is 27.9 Å². The minimum atomic E-state index is -3.79. The lowest BCUT2D eigenvalue weighted by molar-refractivity contribution is 0.0472. The number of halogens is 2. The van der Waals surface area contributed by atoms with Crippen molar-refractivity contribution in [2.75, 3.05) is 13.1 Å². The van der Waals surface area contributed by atoms with Gasteiger partial charge in [0.25, 0.3) is 0 Å². The SMILES string of the molecule is O=C(OCc1ccc(F)cc1)c1ccc(Cl)c(S(=O)(=O)N2CCCCCC2)c1. The molecule has 1 fully saturated rings. The molecule has 0 bridgehead atoms. The van der Waals surface area contributed by atoms with Gasteiger partial charge in [-0.1, -0.05) is 36.6 Å². The minimum Gasteiger partial charge on any atom is -0.457 e. The molecule has 1 aliphatic rings. The summed E-state index contributed by atoms with van der Waals surface area (Å²) in [5.41, 5.74) is 0.723. The molecule has 0 amide bonds. The van der Waals surface area contributed by atoms with Crippen molar-refractivity contribution in [3.8, 4) is 0 Å². The number of hydrogen-bond donors (Lipinski definition) is 0. The Bertz CT molecular complexity index is 939. The van der Waals surface area contributed by atoms with Gasteiger partial charge in [-0.2, -0.15) is 4.31 Å². The summed E-state index contributed by atoms with van der Waals surface area (Å²) in [4.78, 5) is 12.3. The highest BCUT2D eigenvalue weighted by molar-refractivity contribution is 7.89. The Morgan fingerprint density at radius 1 is 1.04 bits per heavy atom. The normalized spacial score (nSPS) is 15.8. The number of ether oxygens (including phenoxy) is 1. The Labute approximate surface area is 169 Å². The van der Waals surface area contributed by atoms with E-state index in [0.717, 1.165) is 25.7 Å². The molecule has 0 aromatic heterocycles. The smallest absolute Gasteiger partial charge is 0.338 e. The van der Waals surface area contributed by atoms with Crippen LogP contribution in [0.25, 0.3) is 0 Å². The van der Waals surface area contributed by atoms with Crippen LogP contribution in [0.2, 0.25) is 5.02 Å². The third-order valence-corrected chi connectivity index (χ3v) is 7.01. The number of nitrogens with zero attached hydrogens (tertiary/aromatic N) is 1. The maximum atomic E-state index is 13.0. The zero-order valence-corrected chi connectivity index (χ0v) is 16.8. The number of benzene rings is 2. The monoisotopic (exact) mass is 425 g/mol. The van der Waals surface area contributed by atoms with Crippen molar-refractivity contribution in [1.82, 2.24) is 4.31 Å². The van der Waals surface area contributed by atoms with Crippen molar-refractivity contribution in [3.05, 3.63) is 64.4 Å². The van der Waals surface area contributed by atoms with E-state index < -0.39 is 16.0 Å². The second-order valence-corrected chi connectivity index (χ2v) is 8.98. The van der Waals surface area contributed by atoms with Crippen LogP contribution in [-0.4, -0.2) is 31.8 Å². The lowest BCUT2D eigenvalue weighted by Crippen LogP contribution is -2.32. The average Bonchev–Trinajstić information content (AvgIpc) is 2.97. The lowest BCUT2D eigenvalue weighted by Gasteiger charge is -2.21. The van der Waals surface area contributed by atoms with Crippen molar-refractivity contribution >= 4 is 27.6 Å². The van der Waals surface area contributed by atoms with Crippen LogP contribution in [-0.2, 0) is 21.4 Å². The fourth-order valence-corrected chi connectivity index (χ4v) is 5.08. The van der Waals surface area contributed by atoms with Gasteiger partial charge in [0, 0.05) is 13.1 Å². The van der Waals surface area contributed by atoms with E-state index in [0.29, 0.717) is 18.7 Å². The number of rotatable bonds is 5. The molecule has 2 aromatic carbocycles. The average molecular weight is 426 g/mol. The standard InChI is InChI=1S/C20H21ClFNO4S/c21-18-10-7-16(20(24)27-14-15-5-8-17(22)9-6-15)13-19(18)28(25,26)23-11-3-1-2-4-12-23/h5-10,13H,1-4,11-12,14H2. The highest BCUT2D eigenvalue weighted by Crippen LogP contribution is 2.28. The summed E-state index contributed by atoms with van der Waals surface area (Å²) in [6.45, 7) is 0.839. The van der Waals surface area contributed by atoms with Crippen molar-refractivity contribution in [1.29, 1.82) is 0 Å². The second kappa shape index (κ2) is 9.03. The topological polar surface area (TPSA) is 63.7 Å². The number of carbonyl (C=O) groups excluding carboxylic acids is 1. The molecular weight excluding hydrogens is 405 g/mol. The maximum absolute atomic E-state index is 13.0. The van der Waals surface area contributed by atoms with E-state index in [1.54, 1.807) is 0 Å². The molecule has 0 aliphatic carbocycles. The fourth-order valence-electron chi connectivity index (χ4n) is 3.06. The zero-order chi connectivity index (χ0) is 20.1. The minimum absolute atomic E-state index is 0.0457. The Balaban J connectivity index is 1.78. The van der Waals surface area contributed by atoms with E-state index >= 15 is 0 Å². The van der Waals surface area contributed by atoms with Crippen LogP contribution in [0.15, 0.2) is 47.4 Å². The van der Waals surface area contributed by atoms with Crippen molar-refractivity contribution in [3.63, 3.8) is 0 Å². The van der Waals surface area contributed by atoms with Gasteiger partial charge in [-0.05, 0) is 48.7 Å². The lowest BCUT2D eigenvalue weighted by atomic mass is 10.2. The molecular formula is C20H21ClFNO4S. The molecule has 0 atom stereocenters. The first-order valence-corrected chi connectivity index (χ1v) is 10.9. The summed E-state index contributed by atoms with van der Waals surface area (Å²) in [7, 11) is -3.79. The molecule has 5 nitrogen and oxygen atoms in total. The molecule has 0 radical (unpaired) electrons. The van der Waals surface area contributed by atoms with Gasteiger partial charge in [0.15, 0.2) is 0 Å². The summed E-state index contributed by atoms with van der Waals surface area (Å²) in [6, 6.07) is 9.65. The van der Waals surface area contributed by atoms with Crippen LogP contribution in [0.5, 0.6) is 0 Å². The van der Waals surface area contributed by atoms with E-state index in [1.165, 1.54) is 46.8 Å². The van der Waals surface area contributed by atoms with Crippen LogP contribution in [0.1, 0.15) is 41.6 Å². The zero-order valence-electron chi connectivity index (χ0n) is 15.2. The third kappa shape index (κ3) is 4.90. The van der Waals surface area contributed by atoms with Crippen molar-refractivity contribution < 1.29 is 22.3 Å². The quantitative estimate of drug-likeness (QED) is 0.666. The first kappa shape index (κ1) is 20.8. The van der Waals surface area contributed by atoms with Gasteiger partial charge in [0.05, 0.1) is 10.6 Å². The molecule has 0 spiro atoms. The molecule has 0 saturated carbocycles. The van der Waals surface area contributed by atoms with Gasteiger partial charge in [0.1, 0.15) is 17.3 Å². The number of esters is 1. The highest BCUT2D eigenvalue weighted by atomic mass is 35.5. The molecule has 3 rings (SSSR count).